The number of ether oxygens (including phenoxy) is 3. The number of methoxy groups -OCH3 is 2. The maximum absolute atomic E-state index is 10.2. The predicted octanol–water partition coefficient (Wildman–Crippen LogP) is 2.77. The second-order valence-corrected chi connectivity index (χ2v) is 7.03. The van der Waals surface area contributed by atoms with Crippen molar-refractivity contribution >= 4 is 11.0 Å². The highest BCUT2D eigenvalue weighted by Crippen LogP contribution is 2.28. The fourth-order valence-electron chi connectivity index (χ4n) is 3.22. The van der Waals surface area contributed by atoms with Gasteiger partial charge in [-0.25, -0.2) is 4.98 Å². The van der Waals surface area contributed by atoms with Crippen LogP contribution in [0.15, 0.2) is 30.3 Å². The van der Waals surface area contributed by atoms with Gasteiger partial charge in [0.2, 0.25) is 0 Å². The van der Waals surface area contributed by atoms with E-state index in [1.165, 1.54) is 0 Å². The van der Waals surface area contributed by atoms with E-state index in [1.54, 1.807) is 14.2 Å². The Hall–Kier alpha value is -2.77. The third-order valence-electron chi connectivity index (χ3n) is 4.78. The highest BCUT2D eigenvalue weighted by atomic mass is 16.5. The van der Waals surface area contributed by atoms with Crippen molar-refractivity contribution in [2.75, 3.05) is 33.9 Å². The molecule has 29 heavy (non-hydrogen) atoms. The van der Waals surface area contributed by atoms with Crippen molar-refractivity contribution in [3.8, 4) is 17.2 Å². The van der Waals surface area contributed by atoms with E-state index >= 15 is 0 Å². The summed E-state index contributed by atoms with van der Waals surface area (Å²) >= 11 is 0. The molecule has 156 valence electrons. The maximum atomic E-state index is 10.2. The molecule has 3 N–H and O–H groups in total. The van der Waals surface area contributed by atoms with Gasteiger partial charge in [0.05, 0.1) is 19.7 Å². The molecule has 3 rings (SSSR count). The van der Waals surface area contributed by atoms with Crippen LogP contribution < -0.4 is 19.5 Å². The van der Waals surface area contributed by atoms with E-state index < -0.39 is 6.10 Å². The Balaban J connectivity index is 1.45. The minimum absolute atomic E-state index is 0.208. The number of benzene rings is 2. The average Bonchev–Trinajstić information content (AvgIpc) is 3.13. The maximum Gasteiger partial charge on any atom is 0.160 e. The zero-order valence-corrected chi connectivity index (χ0v) is 17.4. The van der Waals surface area contributed by atoms with Crippen molar-refractivity contribution in [2.45, 2.75) is 26.4 Å². The van der Waals surface area contributed by atoms with Crippen molar-refractivity contribution in [3.63, 3.8) is 0 Å². The smallest absolute Gasteiger partial charge is 0.160 e. The molecule has 0 amide bonds. The standard InChI is InChI=1S/C22H29N3O4/c1-14-5-7-19(22-21(14)24-15(2)25-22)29-13-17(26)12-23-10-9-16-6-8-18(27-3)20(11-16)28-4/h5-8,11,17,23,26H,9-10,12-13H2,1-4H3,(H,24,25). The van der Waals surface area contributed by atoms with Crippen LogP contribution in [0.2, 0.25) is 0 Å². The highest BCUT2D eigenvalue weighted by Gasteiger charge is 2.11. The van der Waals surface area contributed by atoms with Crippen LogP contribution in [-0.4, -0.2) is 55.1 Å². The summed E-state index contributed by atoms with van der Waals surface area (Å²) in [5, 5.41) is 13.5. The van der Waals surface area contributed by atoms with Crippen LogP contribution in [0.4, 0.5) is 0 Å². The molecule has 7 nitrogen and oxygen atoms in total. The Bertz CT molecular complexity index is 955. The summed E-state index contributed by atoms with van der Waals surface area (Å²) in [6.45, 7) is 5.33. The molecule has 0 aliphatic carbocycles. The van der Waals surface area contributed by atoms with Gasteiger partial charge in [-0.1, -0.05) is 12.1 Å². The van der Waals surface area contributed by atoms with Gasteiger partial charge in [0.1, 0.15) is 29.8 Å². The van der Waals surface area contributed by atoms with Gasteiger partial charge in [-0.3, -0.25) is 0 Å². The number of rotatable bonds is 10. The number of hydrogen-bond acceptors (Lipinski definition) is 6. The molecule has 1 atom stereocenters. The van der Waals surface area contributed by atoms with Crippen molar-refractivity contribution in [1.29, 1.82) is 0 Å². The zero-order valence-electron chi connectivity index (χ0n) is 17.4. The van der Waals surface area contributed by atoms with E-state index in [0.717, 1.165) is 52.4 Å². The summed E-state index contributed by atoms with van der Waals surface area (Å²) in [5.41, 5.74) is 4.00. The van der Waals surface area contributed by atoms with Crippen molar-refractivity contribution < 1.29 is 19.3 Å². The van der Waals surface area contributed by atoms with Crippen LogP contribution in [0, 0.1) is 13.8 Å². The number of hydrogen-bond donors (Lipinski definition) is 3. The van der Waals surface area contributed by atoms with Crippen LogP contribution in [-0.2, 0) is 6.42 Å². The number of nitrogens with one attached hydrogen (secondary N) is 2. The molecular weight excluding hydrogens is 370 g/mol. The number of aliphatic hydroxyl groups excluding tert-OH is 1. The second kappa shape index (κ2) is 9.62. The number of imidazole rings is 1. The third kappa shape index (κ3) is 5.19. The van der Waals surface area contributed by atoms with Crippen LogP contribution in [0.1, 0.15) is 17.0 Å². The van der Waals surface area contributed by atoms with Gasteiger partial charge in [-0.15, -0.1) is 0 Å². The molecular formula is C22H29N3O4. The van der Waals surface area contributed by atoms with E-state index in [1.807, 2.05) is 44.2 Å². The lowest BCUT2D eigenvalue weighted by atomic mass is 10.1. The minimum Gasteiger partial charge on any atom is -0.493 e. The molecule has 7 heteroatoms. The first-order valence-electron chi connectivity index (χ1n) is 9.70. The van der Waals surface area contributed by atoms with Gasteiger partial charge in [0.25, 0.3) is 0 Å². The summed E-state index contributed by atoms with van der Waals surface area (Å²) in [6.07, 6.45) is 0.209. The second-order valence-electron chi connectivity index (χ2n) is 7.03. The van der Waals surface area contributed by atoms with Gasteiger partial charge >= 0.3 is 0 Å². The number of aromatic amines is 1. The fourth-order valence-corrected chi connectivity index (χ4v) is 3.22. The van der Waals surface area contributed by atoms with E-state index in [4.69, 9.17) is 14.2 Å². The zero-order chi connectivity index (χ0) is 20.8. The Morgan fingerprint density at radius 2 is 1.83 bits per heavy atom. The molecule has 1 aromatic heterocycles. The number of H-pyrrole nitrogens is 1. The molecule has 1 heterocycles. The Kier molecular flexibility index (Phi) is 6.95. The molecule has 0 spiro atoms. The quantitative estimate of drug-likeness (QED) is 0.455. The van der Waals surface area contributed by atoms with Crippen LogP contribution >= 0.6 is 0 Å². The molecule has 3 aromatic rings. The van der Waals surface area contributed by atoms with Gasteiger partial charge in [0.15, 0.2) is 11.5 Å². The van der Waals surface area contributed by atoms with Gasteiger partial charge in [-0.2, -0.15) is 0 Å². The summed E-state index contributed by atoms with van der Waals surface area (Å²) in [5.74, 6) is 2.98. The van der Waals surface area contributed by atoms with E-state index in [-0.39, 0.29) is 6.61 Å². The summed E-state index contributed by atoms with van der Waals surface area (Å²) < 4.78 is 16.4. The topological polar surface area (TPSA) is 88.6 Å². The highest BCUT2D eigenvalue weighted by molar-refractivity contribution is 5.84. The number of nitrogens with zero attached hydrogens (tertiary/aromatic N) is 1. The normalized spacial score (nSPS) is 12.2. The molecule has 0 fully saturated rings. The summed E-state index contributed by atoms with van der Waals surface area (Å²) in [7, 11) is 3.25. The SMILES string of the molecule is COc1ccc(CCNCC(O)COc2ccc(C)c3nc(C)[nH]c23)cc1OC. The summed E-state index contributed by atoms with van der Waals surface area (Å²) in [6, 6.07) is 9.77. The molecule has 0 radical (unpaired) electrons. The number of aliphatic hydroxyl groups is 1. The summed E-state index contributed by atoms with van der Waals surface area (Å²) in [4.78, 5) is 7.71. The molecule has 1 unspecified atom stereocenters. The van der Waals surface area contributed by atoms with Crippen molar-refractivity contribution in [1.82, 2.24) is 15.3 Å². The van der Waals surface area contributed by atoms with Crippen LogP contribution in [0.3, 0.4) is 0 Å². The van der Waals surface area contributed by atoms with Crippen LogP contribution in [0.5, 0.6) is 17.2 Å². The van der Waals surface area contributed by atoms with E-state index in [9.17, 15) is 5.11 Å². The molecule has 0 saturated heterocycles. The lowest BCUT2D eigenvalue weighted by molar-refractivity contribution is 0.107. The monoisotopic (exact) mass is 399 g/mol. The van der Waals surface area contributed by atoms with Crippen LogP contribution in [0.25, 0.3) is 11.0 Å². The van der Waals surface area contributed by atoms with Crippen molar-refractivity contribution in [3.05, 3.63) is 47.3 Å². The molecule has 0 aliphatic heterocycles. The number of aryl methyl sites for hydroxylation is 2. The minimum atomic E-state index is -0.610. The number of aromatic nitrogens is 2. The molecule has 0 aliphatic rings. The average molecular weight is 399 g/mol. The third-order valence-corrected chi connectivity index (χ3v) is 4.78. The van der Waals surface area contributed by atoms with Gasteiger partial charge in [0, 0.05) is 6.54 Å². The Morgan fingerprint density at radius 3 is 2.59 bits per heavy atom. The molecule has 2 aromatic carbocycles. The predicted molar refractivity (Wildman–Crippen MR) is 113 cm³/mol. The molecule has 0 saturated carbocycles. The largest absolute Gasteiger partial charge is 0.493 e. The van der Waals surface area contributed by atoms with Crippen molar-refractivity contribution in [2.24, 2.45) is 0 Å². The fraction of sp³-hybridized carbons (Fsp3) is 0.409. The van der Waals surface area contributed by atoms with Gasteiger partial charge in [-0.05, 0) is 56.1 Å². The Morgan fingerprint density at radius 1 is 1.07 bits per heavy atom. The number of fused-ring (bicyclic) bond motifs is 1. The van der Waals surface area contributed by atoms with E-state index in [0.29, 0.717) is 12.3 Å². The lowest BCUT2D eigenvalue weighted by Gasteiger charge is -2.14. The Labute approximate surface area is 171 Å². The molecule has 0 bridgehead atoms. The van der Waals surface area contributed by atoms with E-state index in [2.05, 4.69) is 15.3 Å². The first-order chi connectivity index (χ1) is 14.0. The van der Waals surface area contributed by atoms with Gasteiger partial charge < -0.3 is 29.6 Å². The first kappa shape index (κ1) is 21.0. The first-order valence-corrected chi connectivity index (χ1v) is 9.70. The lowest BCUT2D eigenvalue weighted by Crippen LogP contribution is -2.32.